The second kappa shape index (κ2) is 59.8. The van der Waals surface area contributed by atoms with Crippen molar-refractivity contribution in [2.75, 3.05) is 40.0 Å². The van der Waals surface area contributed by atoms with Gasteiger partial charge in [-0.3, -0.25) is 0 Å². The fourth-order valence-electron chi connectivity index (χ4n) is 9.70. The predicted molar refractivity (Wildman–Crippen MR) is 316 cm³/mol. The van der Waals surface area contributed by atoms with Gasteiger partial charge < -0.3 is 33.2 Å². The van der Waals surface area contributed by atoms with E-state index in [1.54, 1.807) is 0 Å². The summed E-state index contributed by atoms with van der Waals surface area (Å²) in [4.78, 5) is 0. The molecule has 73 heavy (non-hydrogen) atoms. The highest BCUT2D eigenvalue weighted by atomic mass is 16.7. The van der Waals surface area contributed by atoms with E-state index in [9.17, 15) is 0 Å². The van der Waals surface area contributed by atoms with Crippen LogP contribution >= 0.6 is 0 Å². The van der Waals surface area contributed by atoms with Crippen LogP contribution in [0.1, 0.15) is 351 Å². The number of allylic oxidation sites excluding steroid dienone is 2. The highest BCUT2D eigenvalue weighted by Crippen LogP contribution is 2.26. The van der Waals surface area contributed by atoms with Crippen LogP contribution in [-0.2, 0) is 33.2 Å². The van der Waals surface area contributed by atoms with Gasteiger partial charge in [0.1, 0.15) is 23.7 Å². The summed E-state index contributed by atoms with van der Waals surface area (Å²) in [6.07, 6.45) is 57.3. The van der Waals surface area contributed by atoms with Crippen molar-refractivity contribution in [3.8, 4) is 0 Å². The smallest absolute Gasteiger partial charge is 0.162 e. The van der Waals surface area contributed by atoms with Crippen molar-refractivity contribution in [1.29, 1.82) is 0 Å². The van der Waals surface area contributed by atoms with Gasteiger partial charge in [-0.05, 0) is 52.4 Å². The molecule has 7 nitrogen and oxygen atoms in total. The van der Waals surface area contributed by atoms with Crippen LogP contribution < -0.4 is 0 Å². The monoisotopic (exact) mass is 1030 g/mol. The minimum absolute atomic E-state index is 0.110. The molecular weight excluding hydrogens is 905 g/mol. The van der Waals surface area contributed by atoms with Gasteiger partial charge in [0.05, 0.1) is 26.4 Å². The molecule has 0 radical (unpaired) electrons. The Kier molecular flexibility index (Phi) is 58.6. The normalized spacial score (nSPS) is 13.3. The third-order valence-corrected chi connectivity index (χ3v) is 14.7. The van der Waals surface area contributed by atoms with E-state index < -0.39 is 0 Å². The van der Waals surface area contributed by atoms with E-state index in [1.165, 1.54) is 244 Å². The molecule has 0 bridgehead atoms. The molecule has 2 atom stereocenters. The lowest BCUT2D eigenvalue weighted by atomic mass is 10.0. The van der Waals surface area contributed by atoms with Crippen LogP contribution in [0.15, 0.2) is 23.0 Å². The van der Waals surface area contributed by atoms with Crippen molar-refractivity contribution in [1.82, 2.24) is 0 Å². The Balaban J connectivity index is 6.01. The van der Waals surface area contributed by atoms with Crippen LogP contribution in [0.5, 0.6) is 0 Å². The first-order valence-electron chi connectivity index (χ1n) is 32.8. The summed E-state index contributed by atoms with van der Waals surface area (Å²) >= 11 is 0. The molecule has 0 aliphatic heterocycles. The molecule has 7 heteroatoms. The number of hydrogen-bond acceptors (Lipinski definition) is 7. The van der Waals surface area contributed by atoms with Gasteiger partial charge in [-0.25, -0.2) is 0 Å². The van der Waals surface area contributed by atoms with E-state index in [4.69, 9.17) is 33.2 Å². The van der Waals surface area contributed by atoms with Crippen molar-refractivity contribution in [2.45, 2.75) is 363 Å². The standard InChI is InChI=1S/C66H130O7/c1-9-15-21-27-33-35-37-39-41-47-53-63(68-55-49-43-29-23-17-11-3)65(70-57-51-45-31-25-19-13-5)61(7)72-59-67-60-73-62(8)66(71-58-52-46-32-26-20-14-6)64(69-56-50-44-30-24-18-12-4)54-48-42-40-38-36-34-28-22-16-10-2/h61-62H,9-60H2,1-8H3. The Morgan fingerprint density at radius 3 is 0.699 bits per heavy atom. The maximum absolute atomic E-state index is 6.70. The summed E-state index contributed by atoms with van der Waals surface area (Å²) in [6, 6.07) is 0. The summed E-state index contributed by atoms with van der Waals surface area (Å²) in [5.74, 6) is 3.70. The molecule has 0 N–H and O–H groups in total. The Bertz CT molecular complexity index is 1050. The van der Waals surface area contributed by atoms with E-state index in [0.717, 1.165) is 87.6 Å². The van der Waals surface area contributed by atoms with Crippen molar-refractivity contribution < 1.29 is 33.2 Å². The lowest BCUT2D eigenvalue weighted by Crippen LogP contribution is -2.22. The van der Waals surface area contributed by atoms with Gasteiger partial charge in [-0.1, -0.05) is 286 Å². The van der Waals surface area contributed by atoms with Gasteiger partial charge >= 0.3 is 0 Å². The third-order valence-electron chi connectivity index (χ3n) is 14.7. The number of ether oxygens (including phenoxy) is 7. The van der Waals surface area contributed by atoms with Crippen molar-refractivity contribution in [2.24, 2.45) is 0 Å². The minimum Gasteiger partial charge on any atom is -0.494 e. The zero-order valence-corrected chi connectivity index (χ0v) is 50.8. The van der Waals surface area contributed by atoms with Crippen LogP contribution in [0.25, 0.3) is 0 Å². The summed E-state index contributed by atoms with van der Waals surface area (Å²) in [5, 5.41) is 0. The highest BCUT2D eigenvalue weighted by Gasteiger charge is 2.21. The second-order valence-corrected chi connectivity index (χ2v) is 22.0. The molecule has 0 aliphatic carbocycles. The molecule has 0 aliphatic rings. The maximum atomic E-state index is 6.70. The van der Waals surface area contributed by atoms with Crippen LogP contribution in [0, 0.1) is 0 Å². The quantitative estimate of drug-likeness (QED) is 0.0342. The zero-order chi connectivity index (χ0) is 53.2. The largest absolute Gasteiger partial charge is 0.494 e. The molecule has 0 aromatic heterocycles. The van der Waals surface area contributed by atoms with Gasteiger partial charge in [0, 0.05) is 12.8 Å². The Morgan fingerprint density at radius 1 is 0.247 bits per heavy atom. The summed E-state index contributed by atoms with van der Waals surface area (Å²) < 4.78 is 45.9. The first-order valence-corrected chi connectivity index (χ1v) is 32.8. The lowest BCUT2D eigenvalue weighted by Gasteiger charge is -2.24. The summed E-state index contributed by atoms with van der Waals surface area (Å²) in [6.45, 7) is 21.0. The molecule has 0 heterocycles. The van der Waals surface area contributed by atoms with Crippen LogP contribution in [0.3, 0.4) is 0 Å². The van der Waals surface area contributed by atoms with Gasteiger partial charge in [0.2, 0.25) is 0 Å². The zero-order valence-electron chi connectivity index (χ0n) is 50.8. The van der Waals surface area contributed by atoms with Crippen molar-refractivity contribution in [3.05, 3.63) is 23.0 Å². The topological polar surface area (TPSA) is 64.6 Å². The summed E-state index contributed by atoms with van der Waals surface area (Å²) in [5.41, 5.74) is 0. The Hall–Kier alpha value is -1.44. The van der Waals surface area contributed by atoms with Crippen molar-refractivity contribution >= 4 is 0 Å². The van der Waals surface area contributed by atoms with E-state index in [-0.39, 0.29) is 25.8 Å². The van der Waals surface area contributed by atoms with Crippen LogP contribution in [0.2, 0.25) is 0 Å². The third kappa shape index (κ3) is 48.7. The molecule has 0 saturated carbocycles. The maximum Gasteiger partial charge on any atom is 0.162 e. The molecule has 2 unspecified atom stereocenters. The first kappa shape index (κ1) is 71.6. The fraction of sp³-hybridized carbons (Fsp3) is 0.939. The van der Waals surface area contributed by atoms with Gasteiger partial charge in [0.25, 0.3) is 0 Å². The molecule has 0 amide bonds. The highest BCUT2D eigenvalue weighted by molar-refractivity contribution is 5.08. The molecule has 0 saturated heterocycles. The molecule has 0 fully saturated rings. The molecule has 0 aromatic rings. The van der Waals surface area contributed by atoms with Gasteiger partial charge in [-0.2, -0.15) is 0 Å². The van der Waals surface area contributed by atoms with Crippen LogP contribution in [0.4, 0.5) is 0 Å². The first-order chi connectivity index (χ1) is 36.0. The minimum atomic E-state index is -0.292. The van der Waals surface area contributed by atoms with E-state index in [1.807, 2.05) is 0 Å². The second-order valence-electron chi connectivity index (χ2n) is 22.0. The van der Waals surface area contributed by atoms with E-state index in [0.29, 0.717) is 13.2 Å². The van der Waals surface area contributed by atoms with E-state index in [2.05, 4.69) is 55.4 Å². The van der Waals surface area contributed by atoms with Crippen LogP contribution in [-0.4, -0.2) is 52.2 Å². The Morgan fingerprint density at radius 2 is 0.452 bits per heavy atom. The number of rotatable bonds is 62. The summed E-state index contributed by atoms with van der Waals surface area (Å²) in [7, 11) is 0. The lowest BCUT2D eigenvalue weighted by molar-refractivity contribution is -0.160. The molecule has 0 spiro atoms. The van der Waals surface area contributed by atoms with E-state index >= 15 is 0 Å². The van der Waals surface area contributed by atoms with Crippen molar-refractivity contribution in [3.63, 3.8) is 0 Å². The molecule has 436 valence electrons. The number of unbranched alkanes of at least 4 members (excludes halogenated alkanes) is 38. The SMILES string of the molecule is CCCCCCCCCCCCC(OCCCCCCCC)=C(OCCCCCCCC)C(C)OCOCOC(C)C(OCCCCCCCC)=C(CCCCCCCCCCCC)OCCCCCCCC. The predicted octanol–water partition coefficient (Wildman–Crippen LogP) is 22.3. The molecule has 0 rings (SSSR count). The number of hydrogen-bond donors (Lipinski definition) is 0. The average molecular weight is 1040 g/mol. The average Bonchev–Trinajstić information content (AvgIpc) is 3.39. The molecule has 0 aromatic carbocycles. The molecular formula is C66H130O7. The Labute approximate surface area is 457 Å². The fourth-order valence-corrected chi connectivity index (χ4v) is 9.70. The van der Waals surface area contributed by atoms with Gasteiger partial charge in [-0.15, -0.1) is 0 Å². The van der Waals surface area contributed by atoms with Gasteiger partial charge in [0.15, 0.2) is 25.1 Å².